The second kappa shape index (κ2) is 35.8. The molecule has 0 saturated carbocycles. The van der Waals surface area contributed by atoms with Gasteiger partial charge in [-0.2, -0.15) is 0 Å². The molecule has 0 aromatic heterocycles. The minimum absolute atomic E-state index is 0.0105. The third-order valence-electron chi connectivity index (χ3n) is 19.6. The number of halogens is 2. The number of phenolic OH excluding ortho intramolecular Hbond substituents is 3. The number of rotatable bonds is 21. The number of primary amides is 1. The molecule has 0 spiro atoms. The smallest absolute Gasteiger partial charge is 0.330 e. The van der Waals surface area contributed by atoms with Crippen LogP contribution in [0.5, 0.6) is 46.0 Å². The van der Waals surface area contributed by atoms with Crippen LogP contribution in [0, 0.1) is 5.92 Å². The number of hydrogen-bond donors (Lipinski definition) is 19. The zero-order chi connectivity index (χ0) is 82.5. The number of amides is 8. The van der Waals surface area contributed by atoms with Gasteiger partial charge in [0.25, 0.3) is 0 Å². The molecule has 7 aliphatic heterocycles. The van der Waals surface area contributed by atoms with Gasteiger partial charge in [-0.1, -0.05) is 67.4 Å². The lowest BCUT2D eigenvalue weighted by Crippen LogP contribution is -2.66. The van der Waals surface area contributed by atoms with Crippen molar-refractivity contribution in [2.24, 2.45) is 11.7 Å². The predicted molar refractivity (Wildman–Crippen MR) is 394 cm³/mol. The van der Waals surface area contributed by atoms with E-state index in [1.807, 2.05) is 0 Å². The molecule has 7 aliphatic rings. The lowest BCUT2D eigenvalue weighted by atomic mass is 9.85. The molecule has 38 heteroatoms. The molecule has 11 unspecified atom stereocenters. The van der Waals surface area contributed by atoms with E-state index < -0.39 is 266 Å². The highest BCUT2D eigenvalue weighted by molar-refractivity contribution is 6.32. The molecule has 19 atom stereocenters. The monoisotopic (exact) mass is 1620 g/mol. The van der Waals surface area contributed by atoms with E-state index in [2.05, 4.69) is 50.4 Å². The van der Waals surface area contributed by atoms with Gasteiger partial charge in [-0.3, -0.25) is 43.7 Å². The van der Waals surface area contributed by atoms with E-state index in [-0.39, 0.29) is 49.3 Å². The zero-order valence-electron chi connectivity index (χ0n) is 61.2. The molecule has 8 amide bonds. The Morgan fingerprint density at radius 3 is 1.96 bits per heavy atom. The summed E-state index contributed by atoms with van der Waals surface area (Å²) in [5.41, 5.74) is 1.14. The number of ether oxygens (including phenoxy) is 7. The Kier molecular flexibility index (Phi) is 27.0. The standard InChI is InChI=1S/C75H87Cl2N9O27/c1-8-10-11-51(92)86(7)42(19-30(3)4)67(99)83-57-59(93)33-13-16-45(39(76)21-33)109-47-23-35-24-48(63(47)113-73-64(62(96)61(95)49(29-87)111-73)112-52-28-75(6,65(97)31(5)108-52)85-74(106)107-18-9-2)110-46-17-14-34(22-40(46)77)60(94)58-71(103)82-56(72(104)105)38-25-36(88)26-44(90)53(38)37-20-32(12-15-43(37)89)54(68(100)84-58)81-69(101)55(35)80-66(98)41(27-50(78)91)79-70(57)102/h8-9,12-17,20-26,30-31,41-42,49,52,54-62,64-65,73-74,85,87-90,93-97,106H,1-2,10-11,18-19,27-29H2,3-7H3,(H2,78,91)(H,79,102)(H,80,98)(H,81,101)(H,82,103)(H,83,99)(H,84,100)(H,104,105)/t31?,41-,42+,49?,52?,54?,55+,56-,57+,58-,59+,60+,61?,62?,64?,65?,73?,74?,75?/m0/s1. The Labute approximate surface area is 654 Å². The fraction of sp³-hybridized carbons (Fsp3) is 0.427. The first-order valence-corrected chi connectivity index (χ1v) is 36.2. The first-order chi connectivity index (χ1) is 53.4. The van der Waals surface area contributed by atoms with Crippen LogP contribution in [0.1, 0.15) is 118 Å². The van der Waals surface area contributed by atoms with Crippen molar-refractivity contribution in [3.63, 3.8) is 0 Å². The molecule has 12 rings (SSSR count). The SMILES string of the molecule is C=CCCC(=O)N(C)[C@H](CC(C)C)C(=O)N[C@H]1C(=O)N[C@@H](CC(N)=O)C(=O)N[C@H]2C(=O)NC3C(=O)N[C@H](C(=O)N[C@H](C(=O)O)c4cc(O)cc(O)c4-c4cc3ccc4O)[C@H](O)c3ccc(c(Cl)c3)Oc3cc2cc(c3OC2OC(CO)C(O)C(O)C2OC2CC(C)(NC(O)OCC=C)C(O)C(C)O2)Oc2ccc(cc2Cl)[C@H]1O. The van der Waals surface area contributed by atoms with Crippen LogP contribution in [0.4, 0.5) is 0 Å². The van der Waals surface area contributed by atoms with Crippen LogP contribution in [-0.4, -0.2) is 220 Å². The van der Waals surface area contributed by atoms with E-state index in [0.717, 1.165) is 77.7 Å². The number of aliphatic hydroxyl groups excluding tert-OH is 7. The van der Waals surface area contributed by atoms with Gasteiger partial charge in [0, 0.05) is 42.6 Å². The first kappa shape index (κ1) is 85.1. The molecule has 20 N–H and O–H groups in total. The maximum absolute atomic E-state index is 16.2. The Morgan fingerprint density at radius 2 is 1.36 bits per heavy atom. The van der Waals surface area contributed by atoms with Gasteiger partial charge in [0.2, 0.25) is 65.7 Å². The summed E-state index contributed by atoms with van der Waals surface area (Å²) in [6.45, 7) is 12.5. The van der Waals surface area contributed by atoms with Crippen molar-refractivity contribution in [3.05, 3.63) is 142 Å². The van der Waals surface area contributed by atoms with Crippen LogP contribution < -0.4 is 57.2 Å². The van der Waals surface area contributed by atoms with Gasteiger partial charge in [-0.15, -0.1) is 13.2 Å². The molecular formula is C75H87Cl2N9O27. The number of carbonyl (C=O) groups excluding carboxylic acids is 8. The number of carbonyl (C=O) groups is 9. The molecule has 113 heavy (non-hydrogen) atoms. The van der Waals surface area contributed by atoms with E-state index in [1.165, 1.54) is 39.1 Å². The van der Waals surface area contributed by atoms with Crippen LogP contribution in [0.3, 0.4) is 0 Å². The van der Waals surface area contributed by atoms with Crippen LogP contribution in [-0.2, 0) is 62.1 Å². The summed E-state index contributed by atoms with van der Waals surface area (Å²) >= 11 is 14.2. The van der Waals surface area contributed by atoms with Gasteiger partial charge in [0.05, 0.1) is 47.4 Å². The number of nitrogens with zero attached hydrogens (tertiary/aromatic N) is 1. The van der Waals surface area contributed by atoms with Crippen molar-refractivity contribution < 1.29 is 132 Å². The fourth-order valence-electron chi connectivity index (χ4n) is 13.7. The van der Waals surface area contributed by atoms with E-state index in [4.69, 9.17) is 62.1 Å². The summed E-state index contributed by atoms with van der Waals surface area (Å²) in [5, 5.41) is 143. The second-order valence-electron chi connectivity index (χ2n) is 28.3. The van der Waals surface area contributed by atoms with Crippen molar-refractivity contribution in [1.82, 2.24) is 42.1 Å². The van der Waals surface area contributed by atoms with Gasteiger partial charge in [-0.25, -0.2) is 4.79 Å². The van der Waals surface area contributed by atoms with Crippen molar-refractivity contribution in [1.29, 1.82) is 0 Å². The summed E-state index contributed by atoms with van der Waals surface area (Å²) in [6.07, 6.45) is -18.8. The number of carboxylic acids is 1. The molecule has 5 aromatic rings. The number of fused-ring (bicyclic) bond motifs is 15. The number of carboxylic acid groups (broad SMARTS) is 1. The van der Waals surface area contributed by atoms with Crippen LogP contribution >= 0.6 is 23.2 Å². The average Bonchev–Trinajstić information content (AvgIpc) is 0.770. The summed E-state index contributed by atoms with van der Waals surface area (Å²) in [7, 11) is 1.35. The van der Waals surface area contributed by atoms with E-state index in [1.54, 1.807) is 13.8 Å². The zero-order valence-corrected chi connectivity index (χ0v) is 62.7. The number of aromatic hydroxyl groups is 3. The van der Waals surface area contributed by atoms with Gasteiger partial charge in [-0.05, 0) is 109 Å². The number of nitrogens with two attached hydrogens (primary N) is 1. The predicted octanol–water partition coefficient (Wildman–Crippen LogP) is 1.42. The van der Waals surface area contributed by atoms with E-state index in [9.17, 15) is 80.1 Å². The number of hydrogen-bond acceptors (Lipinski definition) is 27. The largest absolute Gasteiger partial charge is 0.508 e. The highest BCUT2D eigenvalue weighted by Crippen LogP contribution is 2.50. The van der Waals surface area contributed by atoms with Crippen molar-refractivity contribution in [2.75, 3.05) is 20.3 Å². The van der Waals surface area contributed by atoms with Crippen LogP contribution in [0.15, 0.2) is 104 Å². The van der Waals surface area contributed by atoms with Crippen LogP contribution in [0.2, 0.25) is 10.0 Å². The molecule has 11 bridgehead atoms. The topological polar surface area (TPSA) is 554 Å². The van der Waals surface area contributed by atoms with E-state index >= 15 is 19.2 Å². The maximum atomic E-state index is 16.2. The van der Waals surface area contributed by atoms with Gasteiger partial charge >= 0.3 is 5.97 Å². The maximum Gasteiger partial charge on any atom is 0.330 e. The number of phenols is 3. The second-order valence-corrected chi connectivity index (χ2v) is 29.1. The normalized spacial score (nSPS) is 27.7. The van der Waals surface area contributed by atoms with Gasteiger partial charge in [0.1, 0.15) is 95.5 Å². The molecule has 0 radical (unpaired) electrons. The Balaban J connectivity index is 1.22. The Bertz CT molecular complexity index is 4500. The number of benzene rings is 5. The van der Waals surface area contributed by atoms with Crippen molar-refractivity contribution in [2.45, 2.75) is 175 Å². The molecular weight excluding hydrogens is 1530 g/mol. The summed E-state index contributed by atoms with van der Waals surface area (Å²) < 4.78 is 44.2. The number of likely N-dealkylation sites (N-methyl/N-ethyl adjacent to an activating group) is 1. The highest BCUT2D eigenvalue weighted by Gasteiger charge is 2.53. The molecule has 36 nitrogen and oxygen atoms in total. The summed E-state index contributed by atoms with van der Waals surface area (Å²) in [6, 6.07) is -1.82. The quantitative estimate of drug-likeness (QED) is 0.0365. The molecule has 5 aromatic carbocycles. The highest BCUT2D eigenvalue weighted by atomic mass is 35.5. The molecule has 2 saturated heterocycles. The third kappa shape index (κ3) is 19.0. The minimum atomic E-state index is -2.42. The minimum Gasteiger partial charge on any atom is -0.508 e. The number of nitrogens with one attached hydrogen (secondary N) is 7. The summed E-state index contributed by atoms with van der Waals surface area (Å²) in [4.78, 5) is 133. The van der Waals surface area contributed by atoms with Crippen molar-refractivity contribution >= 4 is 76.4 Å². The number of allylic oxidation sites excluding steroid dienone is 1. The van der Waals surface area contributed by atoms with E-state index in [0.29, 0.717) is 0 Å². The molecule has 0 aliphatic carbocycles. The Morgan fingerprint density at radius 1 is 0.743 bits per heavy atom. The fourth-order valence-corrected chi connectivity index (χ4v) is 14.2. The molecule has 7 heterocycles. The van der Waals surface area contributed by atoms with Crippen LogP contribution in [0.25, 0.3) is 11.1 Å². The average molecular weight is 1620 g/mol. The Hall–Kier alpha value is -10.3. The lowest BCUT2D eigenvalue weighted by Gasteiger charge is -2.48. The lowest BCUT2D eigenvalue weighted by molar-refractivity contribution is -0.336. The first-order valence-electron chi connectivity index (χ1n) is 35.5. The third-order valence-corrected chi connectivity index (χ3v) is 20.2. The van der Waals surface area contributed by atoms with Gasteiger partial charge in [0.15, 0.2) is 29.9 Å². The molecule has 608 valence electrons. The molecule has 2 fully saturated rings. The number of aliphatic carboxylic acids is 1. The van der Waals surface area contributed by atoms with Gasteiger partial charge < -0.3 is 132 Å². The summed E-state index contributed by atoms with van der Waals surface area (Å²) in [5.74, 6) is -17.6. The van der Waals surface area contributed by atoms with Crippen molar-refractivity contribution in [3.8, 4) is 57.1 Å². The number of aliphatic hydroxyl groups is 7.